The van der Waals surface area contributed by atoms with Crippen LogP contribution in [0.5, 0.6) is 0 Å². The van der Waals surface area contributed by atoms with Crippen molar-refractivity contribution in [2.24, 2.45) is 17.1 Å². The number of hydrogen-bond donors (Lipinski definition) is 1. The third-order valence-corrected chi connectivity index (χ3v) is 2.65. The predicted octanol–water partition coefficient (Wildman–Crippen LogP) is 1.34. The summed E-state index contributed by atoms with van der Waals surface area (Å²) in [5.41, 5.74) is 5.22. The summed E-state index contributed by atoms with van der Waals surface area (Å²) < 4.78 is 0. The van der Waals surface area contributed by atoms with Crippen molar-refractivity contribution < 1.29 is 4.79 Å². The van der Waals surface area contributed by atoms with Crippen LogP contribution < -0.4 is 5.73 Å². The number of Topliss-reactive ketones (excluding diaryl/α,β-unsaturated/α-hetero) is 1. The highest BCUT2D eigenvalue weighted by Gasteiger charge is 2.35. The van der Waals surface area contributed by atoms with E-state index in [9.17, 15) is 4.79 Å². The molecule has 0 heterocycles. The van der Waals surface area contributed by atoms with Gasteiger partial charge in [-0.25, -0.2) is 0 Å². The van der Waals surface area contributed by atoms with Crippen LogP contribution in [0.1, 0.15) is 33.1 Å². The van der Waals surface area contributed by atoms with E-state index in [4.69, 9.17) is 5.73 Å². The summed E-state index contributed by atoms with van der Waals surface area (Å²) in [7, 11) is 0. The molecule has 2 N–H and O–H groups in total. The van der Waals surface area contributed by atoms with Gasteiger partial charge in [-0.3, -0.25) is 4.79 Å². The summed E-state index contributed by atoms with van der Waals surface area (Å²) in [5, 5.41) is 0. The topological polar surface area (TPSA) is 43.1 Å². The standard InChI is InChI=1S/C9H17NO/c1-9(2,6-10)8(11)7-4-3-5-7/h7H,3-6,10H2,1-2H3. The minimum atomic E-state index is -0.287. The molecule has 0 aromatic heterocycles. The summed E-state index contributed by atoms with van der Waals surface area (Å²) in [6, 6.07) is 0. The molecule has 1 aliphatic carbocycles. The lowest BCUT2D eigenvalue weighted by Crippen LogP contribution is -2.39. The van der Waals surface area contributed by atoms with Crippen LogP contribution in [-0.4, -0.2) is 12.3 Å². The molecule has 0 spiro atoms. The van der Waals surface area contributed by atoms with E-state index in [0.29, 0.717) is 18.2 Å². The number of rotatable bonds is 3. The van der Waals surface area contributed by atoms with Crippen molar-refractivity contribution in [3.8, 4) is 0 Å². The predicted molar refractivity (Wildman–Crippen MR) is 45.2 cm³/mol. The van der Waals surface area contributed by atoms with Gasteiger partial charge in [0.05, 0.1) is 0 Å². The van der Waals surface area contributed by atoms with Gasteiger partial charge in [0.2, 0.25) is 0 Å². The van der Waals surface area contributed by atoms with Crippen LogP contribution in [0.15, 0.2) is 0 Å². The first kappa shape index (κ1) is 8.72. The highest BCUT2D eigenvalue weighted by atomic mass is 16.1. The van der Waals surface area contributed by atoms with E-state index < -0.39 is 0 Å². The molecule has 1 aliphatic rings. The lowest BCUT2D eigenvalue weighted by molar-refractivity contribution is -0.133. The molecule has 0 unspecified atom stereocenters. The zero-order valence-corrected chi connectivity index (χ0v) is 7.39. The minimum absolute atomic E-state index is 0.287. The molecule has 0 saturated heterocycles. The summed E-state index contributed by atoms with van der Waals surface area (Å²) >= 11 is 0. The van der Waals surface area contributed by atoms with E-state index in [-0.39, 0.29) is 5.41 Å². The second kappa shape index (κ2) is 2.94. The van der Waals surface area contributed by atoms with Crippen LogP contribution in [0.4, 0.5) is 0 Å². The average Bonchev–Trinajstić information content (AvgIpc) is 1.84. The second-order valence-electron chi connectivity index (χ2n) is 4.08. The van der Waals surface area contributed by atoms with Crippen LogP contribution in [-0.2, 0) is 4.79 Å². The maximum absolute atomic E-state index is 11.6. The fourth-order valence-corrected chi connectivity index (χ4v) is 1.32. The van der Waals surface area contributed by atoms with Gasteiger partial charge in [-0.1, -0.05) is 20.3 Å². The summed E-state index contributed by atoms with van der Waals surface area (Å²) in [6.45, 7) is 4.35. The van der Waals surface area contributed by atoms with Gasteiger partial charge in [0.25, 0.3) is 0 Å². The Bertz CT molecular complexity index is 159. The third kappa shape index (κ3) is 1.62. The fourth-order valence-electron chi connectivity index (χ4n) is 1.32. The first-order chi connectivity index (χ1) is 5.08. The molecule has 0 atom stereocenters. The molecule has 0 amide bonds. The lowest BCUT2D eigenvalue weighted by atomic mass is 9.72. The third-order valence-electron chi connectivity index (χ3n) is 2.65. The van der Waals surface area contributed by atoms with E-state index in [2.05, 4.69) is 0 Å². The summed E-state index contributed by atoms with van der Waals surface area (Å²) in [4.78, 5) is 11.6. The Morgan fingerprint density at radius 1 is 1.55 bits per heavy atom. The molecule has 0 aromatic rings. The van der Waals surface area contributed by atoms with Crippen molar-refractivity contribution >= 4 is 5.78 Å². The van der Waals surface area contributed by atoms with E-state index in [1.807, 2.05) is 13.8 Å². The molecule has 1 saturated carbocycles. The fraction of sp³-hybridized carbons (Fsp3) is 0.889. The van der Waals surface area contributed by atoms with Gasteiger partial charge < -0.3 is 5.73 Å². The first-order valence-corrected chi connectivity index (χ1v) is 4.32. The molecular weight excluding hydrogens is 138 g/mol. The van der Waals surface area contributed by atoms with Crippen LogP contribution >= 0.6 is 0 Å². The van der Waals surface area contributed by atoms with Crippen molar-refractivity contribution in [1.29, 1.82) is 0 Å². The zero-order valence-electron chi connectivity index (χ0n) is 7.39. The van der Waals surface area contributed by atoms with Crippen molar-refractivity contribution in [1.82, 2.24) is 0 Å². The molecule has 0 radical (unpaired) electrons. The molecule has 0 aliphatic heterocycles. The molecular formula is C9H17NO. The zero-order chi connectivity index (χ0) is 8.48. The monoisotopic (exact) mass is 155 g/mol. The lowest BCUT2D eigenvalue weighted by Gasteiger charge is -2.31. The average molecular weight is 155 g/mol. The number of hydrogen-bond acceptors (Lipinski definition) is 2. The van der Waals surface area contributed by atoms with Crippen LogP contribution in [0.2, 0.25) is 0 Å². The minimum Gasteiger partial charge on any atom is -0.329 e. The van der Waals surface area contributed by atoms with Crippen LogP contribution in [0.25, 0.3) is 0 Å². The van der Waals surface area contributed by atoms with E-state index in [1.165, 1.54) is 6.42 Å². The molecule has 64 valence electrons. The van der Waals surface area contributed by atoms with Crippen LogP contribution in [0.3, 0.4) is 0 Å². The number of ketones is 1. The normalized spacial score (nSPS) is 19.5. The second-order valence-corrected chi connectivity index (χ2v) is 4.08. The highest BCUT2D eigenvalue weighted by molar-refractivity contribution is 5.87. The van der Waals surface area contributed by atoms with Gasteiger partial charge in [0.1, 0.15) is 5.78 Å². The van der Waals surface area contributed by atoms with Gasteiger partial charge in [-0.05, 0) is 12.8 Å². The van der Waals surface area contributed by atoms with Crippen molar-refractivity contribution in [3.63, 3.8) is 0 Å². The quantitative estimate of drug-likeness (QED) is 0.668. The van der Waals surface area contributed by atoms with Crippen molar-refractivity contribution in [2.45, 2.75) is 33.1 Å². The Hall–Kier alpha value is -0.370. The van der Waals surface area contributed by atoms with E-state index in [0.717, 1.165) is 12.8 Å². The summed E-state index contributed by atoms with van der Waals surface area (Å²) in [6.07, 6.45) is 3.39. The Labute approximate surface area is 68.2 Å². The van der Waals surface area contributed by atoms with Crippen molar-refractivity contribution in [2.75, 3.05) is 6.54 Å². The van der Waals surface area contributed by atoms with Gasteiger partial charge in [0.15, 0.2) is 0 Å². The summed E-state index contributed by atoms with van der Waals surface area (Å²) in [5.74, 6) is 0.694. The van der Waals surface area contributed by atoms with Gasteiger partial charge in [-0.2, -0.15) is 0 Å². The van der Waals surface area contributed by atoms with E-state index >= 15 is 0 Å². The van der Waals surface area contributed by atoms with Gasteiger partial charge >= 0.3 is 0 Å². The maximum Gasteiger partial charge on any atom is 0.142 e. The van der Waals surface area contributed by atoms with Gasteiger partial charge in [-0.15, -0.1) is 0 Å². The Balaban J connectivity index is 2.51. The molecule has 1 rings (SSSR count). The number of carbonyl (C=O) groups is 1. The molecule has 2 nitrogen and oxygen atoms in total. The molecule has 11 heavy (non-hydrogen) atoms. The van der Waals surface area contributed by atoms with E-state index in [1.54, 1.807) is 0 Å². The molecule has 0 aromatic carbocycles. The largest absolute Gasteiger partial charge is 0.329 e. The SMILES string of the molecule is CC(C)(CN)C(=O)C1CCC1. The molecule has 1 fully saturated rings. The Kier molecular flexibility index (Phi) is 2.33. The van der Waals surface area contributed by atoms with Crippen LogP contribution in [0, 0.1) is 11.3 Å². The number of nitrogens with two attached hydrogens (primary N) is 1. The molecule has 2 heteroatoms. The number of carbonyl (C=O) groups excluding carboxylic acids is 1. The first-order valence-electron chi connectivity index (χ1n) is 4.32. The highest BCUT2D eigenvalue weighted by Crippen LogP contribution is 2.33. The molecule has 0 bridgehead atoms. The Morgan fingerprint density at radius 2 is 2.09 bits per heavy atom. The Morgan fingerprint density at radius 3 is 2.36 bits per heavy atom. The maximum atomic E-state index is 11.6. The van der Waals surface area contributed by atoms with Crippen molar-refractivity contribution in [3.05, 3.63) is 0 Å². The smallest absolute Gasteiger partial charge is 0.142 e. The van der Waals surface area contributed by atoms with Gasteiger partial charge in [0, 0.05) is 17.9 Å².